The van der Waals surface area contributed by atoms with Gasteiger partial charge in [-0.15, -0.1) is 0 Å². The first-order chi connectivity index (χ1) is 17.3. The smallest absolute Gasteiger partial charge is 0.260 e. The number of alkyl halides is 1. The second-order valence-electron chi connectivity index (χ2n) is 10.4. The second kappa shape index (κ2) is 9.35. The van der Waals surface area contributed by atoms with Crippen LogP contribution in [0.4, 0.5) is 4.39 Å². The lowest BCUT2D eigenvalue weighted by atomic mass is 9.61. The van der Waals surface area contributed by atoms with E-state index >= 15 is 0 Å². The summed E-state index contributed by atoms with van der Waals surface area (Å²) in [5.41, 5.74) is 1.64. The minimum atomic E-state index is -0.647. The van der Waals surface area contributed by atoms with Gasteiger partial charge in [0, 0.05) is 41.8 Å². The Balaban J connectivity index is 1.38. The lowest BCUT2D eigenvalue weighted by Gasteiger charge is -2.41. The molecule has 9 heteroatoms. The van der Waals surface area contributed by atoms with E-state index in [1.165, 1.54) is 0 Å². The van der Waals surface area contributed by atoms with Crippen LogP contribution < -0.4 is 10.1 Å². The van der Waals surface area contributed by atoms with Crippen molar-refractivity contribution in [3.8, 4) is 5.75 Å². The number of nitrogens with one attached hydrogen (secondary N) is 1. The molecule has 2 aliphatic heterocycles. The van der Waals surface area contributed by atoms with Gasteiger partial charge in [-0.1, -0.05) is 6.92 Å². The predicted octanol–water partition coefficient (Wildman–Crippen LogP) is 4.05. The number of amides is 2. The second-order valence-corrected chi connectivity index (χ2v) is 10.4. The minimum absolute atomic E-state index is 0.0802. The van der Waals surface area contributed by atoms with E-state index in [4.69, 9.17) is 14.5 Å². The Labute approximate surface area is 210 Å². The summed E-state index contributed by atoms with van der Waals surface area (Å²) < 4.78 is 27.1. The number of hydrogen-bond donors (Lipinski definition) is 1. The lowest BCUT2D eigenvalue weighted by Crippen LogP contribution is -2.48. The number of aromatic nitrogens is 2. The third kappa shape index (κ3) is 4.52. The number of hydrogen-bond acceptors (Lipinski definition) is 5. The summed E-state index contributed by atoms with van der Waals surface area (Å²) in [4.78, 5) is 30.9. The van der Waals surface area contributed by atoms with Crippen molar-refractivity contribution in [1.29, 1.82) is 0 Å². The van der Waals surface area contributed by atoms with Gasteiger partial charge in [-0.3, -0.25) is 9.59 Å². The van der Waals surface area contributed by atoms with Gasteiger partial charge in [0.15, 0.2) is 0 Å². The van der Waals surface area contributed by atoms with Crippen LogP contribution in [-0.2, 0) is 14.9 Å². The molecule has 1 atom stereocenters. The van der Waals surface area contributed by atoms with E-state index in [2.05, 4.69) is 5.32 Å². The van der Waals surface area contributed by atoms with Gasteiger partial charge in [0.2, 0.25) is 6.41 Å². The van der Waals surface area contributed by atoms with Crippen molar-refractivity contribution in [2.45, 2.75) is 76.0 Å². The van der Waals surface area contributed by atoms with Crippen LogP contribution in [0.15, 0.2) is 42.5 Å². The molecule has 192 valence electrons. The van der Waals surface area contributed by atoms with E-state index < -0.39 is 12.3 Å². The Kier molecular flexibility index (Phi) is 6.36. The van der Waals surface area contributed by atoms with E-state index in [-0.39, 0.29) is 23.5 Å². The molecule has 0 aromatic carbocycles. The molecule has 2 saturated carbocycles. The van der Waals surface area contributed by atoms with Gasteiger partial charge in [-0.25, -0.2) is 9.37 Å². The van der Waals surface area contributed by atoms with Crippen molar-refractivity contribution in [3.63, 3.8) is 0 Å². The van der Waals surface area contributed by atoms with E-state index in [0.717, 1.165) is 31.4 Å². The summed E-state index contributed by atoms with van der Waals surface area (Å²) in [5, 5.41) is 2.91. The average Bonchev–Trinajstić information content (AvgIpc) is 3.33. The average molecular weight is 497 g/mol. The Morgan fingerprint density at radius 3 is 2.83 bits per heavy atom. The third-order valence-electron chi connectivity index (χ3n) is 7.47. The normalized spacial score (nSPS) is 26.2. The molecule has 2 saturated heterocycles. The van der Waals surface area contributed by atoms with Crippen LogP contribution >= 0.6 is 0 Å². The summed E-state index contributed by atoms with van der Waals surface area (Å²) in [5.74, 6) is 0.159. The molecule has 0 spiro atoms. The topological polar surface area (TPSA) is 85.2 Å². The Morgan fingerprint density at radius 1 is 1.42 bits per heavy atom. The summed E-state index contributed by atoms with van der Waals surface area (Å²) in [7, 11) is 0. The molecule has 2 amide bonds. The zero-order valence-electron chi connectivity index (χ0n) is 21.0. The highest BCUT2D eigenvalue weighted by atomic mass is 19.1. The molecule has 6 rings (SSSR count). The highest BCUT2D eigenvalue weighted by Gasteiger charge is 2.64. The standard InChI is InChI=1S/C27H33FN4O4/c1-4-19(3)36-22-10-24-30-23(26-13-27(14-26,15-28)35-16-26)12-32(24)11-21(22)25(34)29-18(2)6-5-9-31(17-33)20-7-8-20/h5-6,9-12,17,19-20H,4,7-8,13-16H2,1-3H3,(H,29,34)/b9-5-,18-6+. The van der Waals surface area contributed by atoms with Crippen LogP contribution in [0.25, 0.3) is 5.65 Å². The summed E-state index contributed by atoms with van der Waals surface area (Å²) in [6.45, 7) is 5.75. The van der Waals surface area contributed by atoms with Crippen molar-refractivity contribution in [2.75, 3.05) is 13.3 Å². The molecule has 36 heavy (non-hydrogen) atoms. The zero-order chi connectivity index (χ0) is 25.5. The molecule has 4 heterocycles. The van der Waals surface area contributed by atoms with E-state index in [9.17, 15) is 14.0 Å². The van der Waals surface area contributed by atoms with Crippen molar-refractivity contribution in [1.82, 2.24) is 19.6 Å². The first-order valence-corrected chi connectivity index (χ1v) is 12.6. The summed E-state index contributed by atoms with van der Waals surface area (Å²) in [6, 6.07) is 2.08. The predicted molar refractivity (Wildman–Crippen MR) is 132 cm³/mol. The summed E-state index contributed by atoms with van der Waals surface area (Å²) >= 11 is 0. The number of allylic oxidation sites excluding steroid dienone is 3. The Hall–Kier alpha value is -3.20. The van der Waals surface area contributed by atoms with Gasteiger partial charge < -0.3 is 24.1 Å². The number of carbonyl (C=O) groups is 2. The number of nitrogens with zero attached hydrogens (tertiary/aromatic N) is 3. The maximum atomic E-state index is 13.4. The van der Waals surface area contributed by atoms with Gasteiger partial charge in [-0.2, -0.15) is 0 Å². The third-order valence-corrected chi connectivity index (χ3v) is 7.47. The molecule has 8 nitrogen and oxygen atoms in total. The van der Waals surface area contributed by atoms with E-state index in [1.54, 1.807) is 42.4 Å². The van der Waals surface area contributed by atoms with Crippen molar-refractivity contribution in [3.05, 3.63) is 53.8 Å². The number of ether oxygens (including phenoxy) is 2. The Bertz CT molecular complexity index is 1230. The molecule has 0 radical (unpaired) electrons. The molecule has 4 aliphatic rings. The number of fused-ring (bicyclic) bond motifs is 2. The molecular weight excluding hydrogens is 463 g/mol. The van der Waals surface area contributed by atoms with E-state index in [1.807, 2.05) is 24.4 Å². The molecule has 2 bridgehead atoms. The zero-order valence-corrected chi connectivity index (χ0v) is 21.0. The van der Waals surface area contributed by atoms with Crippen molar-refractivity contribution >= 4 is 18.0 Å². The van der Waals surface area contributed by atoms with Crippen LogP contribution in [0.5, 0.6) is 5.75 Å². The molecule has 1 unspecified atom stereocenters. The number of pyridine rings is 1. The number of imidazole rings is 1. The van der Waals surface area contributed by atoms with Gasteiger partial charge >= 0.3 is 0 Å². The molecule has 1 N–H and O–H groups in total. The first kappa shape index (κ1) is 24.5. The summed E-state index contributed by atoms with van der Waals surface area (Å²) in [6.07, 6.45) is 13.7. The van der Waals surface area contributed by atoms with Crippen LogP contribution in [0.1, 0.15) is 68.9 Å². The fourth-order valence-corrected chi connectivity index (χ4v) is 5.09. The molecule has 2 aromatic heterocycles. The Morgan fingerprint density at radius 2 is 2.19 bits per heavy atom. The fourth-order valence-electron chi connectivity index (χ4n) is 5.09. The largest absolute Gasteiger partial charge is 0.490 e. The van der Waals surface area contributed by atoms with Gasteiger partial charge in [0.05, 0.1) is 29.6 Å². The number of halogens is 1. The first-order valence-electron chi connectivity index (χ1n) is 12.6. The van der Waals surface area contributed by atoms with Crippen molar-refractivity contribution in [2.24, 2.45) is 0 Å². The highest BCUT2D eigenvalue weighted by Crippen LogP contribution is 2.58. The van der Waals surface area contributed by atoms with Crippen LogP contribution in [0.3, 0.4) is 0 Å². The quantitative estimate of drug-likeness (QED) is 0.375. The van der Waals surface area contributed by atoms with Gasteiger partial charge in [0.1, 0.15) is 18.1 Å². The number of carbonyl (C=O) groups excluding carboxylic acids is 2. The molecule has 4 fully saturated rings. The maximum absolute atomic E-state index is 13.4. The van der Waals surface area contributed by atoms with Crippen LogP contribution in [0, 0.1) is 0 Å². The van der Waals surface area contributed by atoms with Crippen LogP contribution in [-0.4, -0.2) is 57.6 Å². The molecule has 2 aromatic rings. The maximum Gasteiger partial charge on any atom is 0.260 e. The monoisotopic (exact) mass is 496 g/mol. The van der Waals surface area contributed by atoms with Crippen molar-refractivity contribution < 1.29 is 23.5 Å². The van der Waals surface area contributed by atoms with Gasteiger partial charge in [0.25, 0.3) is 5.91 Å². The van der Waals surface area contributed by atoms with Gasteiger partial charge in [-0.05, 0) is 58.1 Å². The molecule has 2 aliphatic carbocycles. The van der Waals surface area contributed by atoms with Crippen LogP contribution in [0.2, 0.25) is 0 Å². The number of rotatable bonds is 11. The SMILES string of the molecule is CCC(C)Oc1cc2nc(C34COC(CF)(C3)C4)cn2cc1C(=O)N/C(C)=C/C=C\N(C=O)C1CC1. The van der Waals surface area contributed by atoms with E-state index in [0.29, 0.717) is 42.1 Å². The minimum Gasteiger partial charge on any atom is -0.490 e. The lowest BCUT2D eigenvalue weighted by molar-refractivity contribution is -0.116. The fraction of sp³-hybridized carbons (Fsp3) is 0.519. The molecular formula is C27H33FN4O4. The highest BCUT2D eigenvalue weighted by molar-refractivity contribution is 5.98.